The minimum Gasteiger partial charge on any atom is -0.376 e. The fourth-order valence-corrected chi connectivity index (χ4v) is 5.53. The van der Waals surface area contributed by atoms with Crippen molar-refractivity contribution in [1.82, 2.24) is 15.1 Å². The summed E-state index contributed by atoms with van der Waals surface area (Å²) in [6.07, 6.45) is 7.65. The summed E-state index contributed by atoms with van der Waals surface area (Å²) in [6, 6.07) is 2.28. The van der Waals surface area contributed by atoms with Gasteiger partial charge in [-0.2, -0.15) is 0 Å². The molecule has 1 atom stereocenters. The van der Waals surface area contributed by atoms with Gasteiger partial charge in [0, 0.05) is 50.8 Å². The van der Waals surface area contributed by atoms with Crippen LogP contribution < -0.4 is 5.32 Å². The molecule has 0 radical (unpaired) electrons. The van der Waals surface area contributed by atoms with E-state index in [0.717, 1.165) is 84.2 Å². The number of ether oxygens (including phenoxy) is 2. The quantitative estimate of drug-likeness (QED) is 0.312. The van der Waals surface area contributed by atoms with Gasteiger partial charge >= 0.3 is 0 Å². The molecule has 31 heavy (non-hydrogen) atoms. The van der Waals surface area contributed by atoms with Crippen LogP contribution in [-0.2, 0) is 22.4 Å². The lowest BCUT2D eigenvalue weighted by Crippen LogP contribution is -2.47. The van der Waals surface area contributed by atoms with Crippen molar-refractivity contribution in [2.75, 3.05) is 52.5 Å². The van der Waals surface area contributed by atoms with Gasteiger partial charge in [0.2, 0.25) is 0 Å². The second-order valence-corrected chi connectivity index (χ2v) is 9.64. The number of rotatable bonds is 7. The molecule has 6 nitrogen and oxygen atoms in total. The van der Waals surface area contributed by atoms with Crippen LogP contribution in [0, 0.1) is 0 Å². The Kier molecular flexibility index (Phi) is 10.8. The third-order valence-corrected chi connectivity index (χ3v) is 7.46. The van der Waals surface area contributed by atoms with E-state index in [0.29, 0.717) is 12.2 Å². The zero-order valence-electron chi connectivity index (χ0n) is 18.9. The molecule has 0 aliphatic carbocycles. The average Bonchev–Trinajstić information content (AvgIpc) is 3.26. The lowest BCUT2D eigenvalue weighted by molar-refractivity contribution is -0.0721. The SMILES string of the molecule is CCNC(=NCCN1CCc2sccc2C1)N1CCC(OCC2CCCCO2)CC1.I. The highest BCUT2D eigenvalue weighted by Crippen LogP contribution is 2.23. The summed E-state index contributed by atoms with van der Waals surface area (Å²) >= 11 is 1.90. The number of piperidine rings is 1. The molecule has 2 saturated heterocycles. The van der Waals surface area contributed by atoms with Crippen molar-refractivity contribution in [1.29, 1.82) is 0 Å². The van der Waals surface area contributed by atoms with Gasteiger partial charge in [-0.3, -0.25) is 9.89 Å². The number of guanidine groups is 1. The van der Waals surface area contributed by atoms with Gasteiger partial charge < -0.3 is 19.7 Å². The van der Waals surface area contributed by atoms with Crippen molar-refractivity contribution >= 4 is 41.3 Å². The number of nitrogens with zero attached hydrogens (tertiary/aromatic N) is 3. The van der Waals surface area contributed by atoms with Crippen LogP contribution in [0.2, 0.25) is 0 Å². The zero-order valence-corrected chi connectivity index (χ0v) is 22.0. The van der Waals surface area contributed by atoms with Crippen LogP contribution in [-0.4, -0.2) is 80.4 Å². The maximum Gasteiger partial charge on any atom is 0.193 e. The molecule has 3 aliphatic heterocycles. The molecule has 8 heteroatoms. The Morgan fingerprint density at radius 2 is 2.13 bits per heavy atom. The van der Waals surface area contributed by atoms with Crippen LogP contribution in [0.5, 0.6) is 0 Å². The molecule has 2 fully saturated rings. The van der Waals surface area contributed by atoms with E-state index in [1.807, 2.05) is 11.3 Å². The van der Waals surface area contributed by atoms with Gasteiger partial charge in [-0.1, -0.05) is 0 Å². The van der Waals surface area contributed by atoms with Gasteiger partial charge in [0.15, 0.2) is 5.96 Å². The maximum absolute atomic E-state index is 6.18. The van der Waals surface area contributed by atoms with Crippen molar-refractivity contribution in [2.24, 2.45) is 4.99 Å². The maximum atomic E-state index is 6.18. The smallest absolute Gasteiger partial charge is 0.193 e. The zero-order chi connectivity index (χ0) is 20.6. The van der Waals surface area contributed by atoms with Crippen LogP contribution in [0.1, 0.15) is 49.5 Å². The first-order valence-corrected chi connectivity index (χ1v) is 12.7. The largest absolute Gasteiger partial charge is 0.376 e. The number of likely N-dealkylation sites (tertiary alicyclic amines) is 1. The molecule has 1 N–H and O–H groups in total. The van der Waals surface area contributed by atoms with Crippen molar-refractivity contribution in [2.45, 2.75) is 64.2 Å². The number of halogens is 1. The molecule has 176 valence electrons. The molecule has 0 bridgehead atoms. The lowest BCUT2D eigenvalue weighted by Gasteiger charge is -2.35. The predicted octanol–water partition coefficient (Wildman–Crippen LogP) is 3.74. The number of aliphatic imine (C=N–C) groups is 1. The second-order valence-electron chi connectivity index (χ2n) is 8.64. The van der Waals surface area contributed by atoms with E-state index in [4.69, 9.17) is 14.5 Å². The number of hydrogen-bond donors (Lipinski definition) is 1. The van der Waals surface area contributed by atoms with Crippen molar-refractivity contribution in [3.63, 3.8) is 0 Å². The fraction of sp³-hybridized carbons (Fsp3) is 0.783. The normalized spacial score (nSPS) is 23.3. The summed E-state index contributed by atoms with van der Waals surface area (Å²) in [5.41, 5.74) is 1.52. The molecular weight excluding hydrogens is 523 g/mol. The summed E-state index contributed by atoms with van der Waals surface area (Å²) in [5.74, 6) is 1.07. The Labute approximate surface area is 208 Å². The molecule has 1 unspecified atom stereocenters. The highest BCUT2D eigenvalue weighted by molar-refractivity contribution is 14.0. The minimum absolute atomic E-state index is 0. The molecule has 0 saturated carbocycles. The van der Waals surface area contributed by atoms with Crippen LogP contribution >= 0.6 is 35.3 Å². The Morgan fingerprint density at radius 1 is 1.26 bits per heavy atom. The van der Waals surface area contributed by atoms with Gasteiger partial charge in [0.25, 0.3) is 0 Å². The molecule has 4 heterocycles. The van der Waals surface area contributed by atoms with Gasteiger partial charge in [-0.05, 0) is 62.5 Å². The minimum atomic E-state index is 0. The molecule has 0 amide bonds. The van der Waals surface area contributed by atoms with Gasteiger partial charge in [0.1, 0.15) is 0 Å². The van der Waals surface area contributed by atoms with E-state index in [-0.39, 0.29) is 24.0 Å². The highest BCUT2D eigenvalue weighted by atomic mass is 127. The molecule has 1 aromatic rings. The Balaban J connectivity index is 0.00000272. The van der Waals surface area contributed by atoms with E-state index < -0.39 is 0 Å². The Bertz CT molecular complexity index is 672. The molecule has 0 aromatic carbocycles. The molecule has 4 rings (SSSR count). The van der Waals surface area contributed by atoms with Crippen LogP contribution in [0.25, 0.3) is 0 Å². The van der Waals surface area contributed by atoms with Crippen LogP contribution in [0.4, 0.5) is 0 Å². The van der Waals surface area contributed by atoms with Crippen LogP contribution in [0.15, 0.2) is 16.4 Å². The van der Waals surface area contributed by atoms with E-state index in [1.54, 1.807) is 4.88 Å². The Morgan fingerprint density at radius 3 is 2.90 bits per heavy atom. The molecule has 1 aromatic heterocycles. The summed E-state index contributed by atoms with van der Waals surface area (Å²) < 4.78 is 12.0. The predicted molar refractivity (Wildman–Crippen MR) is 139 cm³/mol. The van der Waals surface area contributed by atoms with E-state index in [2.05, 4.69) is 33.5 Å². The highest BCUT2D eigenvalue weighted by Gasteiger charge is 2.24. The van der Waals surface area contributed by atoms with Gasteiger partial charge in [-0.25, -0.2) is 0 Å². The number of hydrogen-bond acceptors (Lipinski definition) is 5. The molecule has 3 aliphatic rings. The third-order valence-electron chi connectivity index (χ3n) is 6.43. The summed E-state index contributed by atoms with van der Waals surface area (Å²) in [4.78, 5) is 11.5. The number of fused-ring (bicyclic) bond motifs is 1. The second kappa shape index (κ2) is 13.3. The topological polar surface area (TPSA) is 49.3 Å². The van der Waals surface area contributed by atoms with E-state index >= 15 is 0 Å². The summed E-state index contributed by atoms with van der Waals surface area (Å²) in [5, 5.41) is 5.73. The lowest BCUT2D eigenvalue weighted by atomic mass is 10.1. The van der Waals surface area contributed by atoms with Crippen LogP contribution in [0.3, 0.4) is 0 Å². The first-order valence-electron chi connectivity index (χ1n) is 11.9. The third kappa shape index (κ3) is 7.55. The molecule has 0 spiro atoms. The van der Waals surface area contributed by atoms with Crippen molar-refractivity contribution in [3.05, 3.63) is 21.9 Å². The summed E-state index contributed by atoms with van der Waals surface area (Å²) in [7, 11) is 0. The standard InChI is InChI=1S/C23H38N4O2S.HI/c1-2-24-23(25-10-14-26-11-8-22-19(17-26)9-16-30-22)27-12-6-20(7-13-27)29-18-21-5-3-4-15-28-21;/h9,16,20-21H,2-8,10-15,17-18H2,1H3,(H,24,25);1H. The molecular formula is C23H39IN4O2S. The fourth-order valence-electron chi connectivity index (χ4n) is 4.64. The van der Waals surface area contributed by atoms with E-state index in [9.17, 15) is 0 Å². The van der Waals surface area contributed by atoms with E-state index in [1.165, 1.54) is 24.8 Å². The first-order chi connectivity index (χ1) is 14.8. The van der Waals surface area contributed by atoms with Crippen molar-refractivity contribution < 1.29 is 9.47 Å². The van der Waals surface area contributed by atoms with Gasteiger partial charge in [-0.15, -0.1) is 35.3 Å². The van der Waals surface area contributed by atoms with Crippen molar-refractivity contribution in [3.8, 4) is 0 Å². The average molecular weight is 563 g/mol. The summed E-state index contributed by atoms with van der Waals surface area (Å²) in [6.45, 7) is 10.9. The number of nitrogens with one attached hydrogen (secondary N) is 1. The van der Waals surface area contributed by atoms with Gasteiger partial charge in [0.05, 0.1) is 25.4 Å². The monoisotopic (exact) mass is 562 g/mol. The first kappa shape index (κ1) is 25.2. The Hall–Kier alpha value is -0.420. The number of thiophene rings is 1.